The van der Waals surface area contributed by atoms with E-state index in [0.29, 0.717) is 10.4 Å². The van der Waals surface area contributed by atoms with Gasteiger partial charge in [0.05, 0.1) is 0 Å². The van der Waals surface area contributed by atoms with E-state index < -0.39 is 0 Å². The summed E-state index contributed by atoms with van der Waals surface area (Å²) in [6.45, 7) is 0. The van der Waals surface area contributed by atoms with Gasteiger partial charge in [-0.3, -0.25) is 0 Å². The molecule has 6 heteroatoms. The zero-order valence-corrected chi connectivity index (χ0v) is 11.1. The molecule has 1 amide bonds. The fourth-order valence-electron chi connectivity index (χ4n) is 1.93. The van der Waals surface area contributed by atoms with Crippen LogP contribution >= 0.6 is 11.8 Å². The van der Waals surface area contributed by atoms with E-state index in [0.717, 1.165) is 0 Å². The van der Waals surface area contributed by atoms with Crippen molar-refractivity contribution >= 4 is 17.8 Å². The predicted molar refractivity (Wildman–Crippen MR) is 67.2 cm³/mol. The van der Waals surface area contributed by atoms with Crippen molar-refractivity contribution < 1.29 is 4.79 Å². The van der Waals surface area contributed by atoms with E-state index in [2.05, 4.69) is 10.1 Å². The van der Waals surface area contributed by atoms with Crippen molar-refractivity contribution in [3.8, 4) is 0 Å². The minimum Gasteiger partial charge on any atom is -0.329 e. The van der Waals surface area contributed by atoms with Crippen LogP contribution in [-0.4, -0.2) is 45.0 Å². The zero-order chi connectivity index (χ0) is 12.3. The molecule has 1 aliphatic carbocycles. The van der Waals surface area contributed by atoms with Crippen molar-refractivity contribution in [2.24, 2.45) is 0 Å². The van der Waals surface area contributed by atoms with Crippen molar-refractivity contribution in [1.29, 1.82) is 0 Å². The van der Waals surface area contributed by atoms with E-state index in [9.17, 15) is 4.79 Å². The fraction of sp³-hybridized carbons (Fsp3) is 0.727. The molecule has 17 heavy (non-hydrogen) atoms. The quantitative estimate of drug-likeness (QED) is 0.812. The van der Waals surface area contributed by atoms with Gasteiger partial charge >= 0.3 is 6.03 Å². The SMILES string of the molecule is CN(C)C(=O)n1cnc(SC2CCCCC2)n1. The minimum absolute atomic E-state index is 0.159. The number of aromatic nitrogens is 3. The van der Waals surface area contributed by atoms with Crippen LogP contribution in [0.5, 0.6) is 0 Å². The summed E-state index contributed by atoms with van der Waals surface area (Å²) in [6.07, 6.45) is 7.91. The van der Waals surface area contributed by atoms with E-state index in [1.54, 1.807) is 25.9 Å². The van der Waals surface area contributed by atoms with Crippen molar-refractivity contribution in [3.63, 3.8) is 0 Å². The lowest BCUT2D eigenvalue weighted by Gasteiger charge is -2.19. The largest absolute Gasteiger partial charge is 0.345 e. The number of thioether (sulfide) groups is 1. The number of amides is 1. The predicted octanol–water partition coefficient (Wildman–Crippen LogP) is 2.23. The molecule has 94 valence electrons. The molecule has 0 saturated heterocycles. The van der Waals surface area contributed by atoms with Gasteiger partial charge in [0.2, 0.25) is 5.16 Å². The Morgan fingerprint density at radius 3 is 2.76 bits per heavy atom. The van der Waals surface area contributed by atoms with Gasteiger partial charge in [0.1, 0.15) is 6.33 Å². The van der Waals surface area contributed by atoms with Crippen molar-refractivity contribution in [2.75, 3.05) is 14.1 Å². The van der Waals surface area contributed by atoms with Gasteiger partial charge in [0.25, 0.3) is 0 Å². The van der Waals surface area contributed by atoms with Gasteiger partial charge in [-0.25, -0.2) is 9.78 Å². The third-order valence-electron chi connectivity index (χ3n) is 2.87. The van der Waals surface area contributed by atoms with Crippen LogP contribution in [0.15, 0.2) is 11.5 Å². The van der Waals surface area contributed by atoms with Crippen LogP contribution in [0.3, 0.4) is 0 Å². The van der Waals surface area contributed by atoms with E-state index in [1.807, 2.05) is 0 Å². The molecule has 1 fully saturated rings. The maximum absolute atomic E-state index is 11.6. The second kappa shape index (κ2) is 5.53. The Balaban J connectivity index is 1.95. The van der Waals surface area contributed by atoms with Crippen LogP contribution in [0.1, 0.15) is 32.1 Å². The standard InChI is InChI=1S/C11H18N4OS/c1-14(2)11(16)15-8-12-10(13-15)17-9-6-4-3-5-7-9/h8-9H,3-7H2,1-2H3. The number of nitrogens with zero attached hydrogens (tertiary/aromatic N) is 4. The minimum atomic E-state index is -0.159. The highest BCUT2D eigenvalue weighted by molar-refractivity contribution is 7.99. The van der Waals surface area contributed by atoms with Crippen LogP contribution in [0, 0.1) is 0 Å². The molecule has 0 atom stereocenters. The molecule has 0 radical (unpaired) electrons. The molecule has 2 rings (SSSR count). The van der Waals surface area contributed by atoms with Gasteiger partial charge in [-0.15, -0.1) is 5.10 Å². The molecule has 0 bridgehead atoms. The Bertz CT molecular complexity index is 385. The number of rotatable bonds is 2. The Hall–Kier alpha value is -1.04. The lowest BCUT2D eigenvalue weighted by atomic mass is 10.0. The van der Waals surface area contributed by atoms with Gasteiger partial charge in [-0.1, -0.05) is 31.0 Å². The maximum atomic E-state index is 11.6. The van der Waals surface area contributed by atoms with E-state index in [-0.39, 0.29) is 6.03 Å². The molecule has 0 aliphatic heterocycles. The maximum Gasteiger partial charge on any atom is 0.345 e. The lowest BCUT2D eigenvalue weighted by molar-refractivity contribution is 0.215. The van der Waals surface area contributed by atoms with Gasteiger partial charge in [0.15, 0.2) is 0 Å². The second-order valence-electron chi connectivity index (χ2n) is 4.53. The first-order valence-electron chi connectivity index (χ1n) is 5.97. The molecule has 5 nitrogen and oxygen atoms in total. The van der Waals surface area contributed by atoms with Crippen molar-refractivity contribution in [2.45, 2.75) is 42.5 Å². The van der Waals surface area contributed by atoms with Gasteiger partial charge in [0, 0.05) is 19.3 Å². The topological polar surface area (TPSA) is 51.0 Å². The number of hydrogen-bond acceptors (Lipinski definition) is 4. The Kier molecular flexibility index (Phi) is 4.04. The summed E-state index contributed by atoms with van der Waals surface area (Å²) in [5.41, 5.74) is 0. The first-order valence-corrected chi connectivity index (χ1v) is 6.85. The number of carbonyl (C=O) groups excluding carboxylic acids is 1. The summed E-state index contributed by atoms with van der Waals surface area (Å²) in [4.78, 5) is 17.3. The summed E-state index contributed by atoms with van der Waals surface area (Å²) >= 11 is 1.70. The highest BCUT2D eigenvalue weighted by Crippen LogP contribution is 2.31. The van der Waals surface area contributed by atoms with Crippen LogP contribution < -0.4 is 0 Å². The summed E-state index contributed by atoms with van der Waals surface area (Å²) < 4.78 is 1.30. The molecule has 1 aromatic rings. The van der Waals surface area contributed by atoms with Crippen molar-refractivity contribution in [3.05, 3.63) is 6.33 Å². The summed E-state index contributed by atoms with van der Waals surface area (Å²) in [6, 6.07) is -0.159. The van der Waals surface area contributed by atoms with Crippen LogP contribution in [0.2, 0.25) is 0 Å². The molecule has 0 aromatic carbocycles. The fourth-order valence-corrected chi connectivity index (χ4v) is 3.04. The zero-order valence-electron chi connectivity index (χ0n) is 10.3. The van der Waals surface area contributed by atoms with E-state index >= 15 is 0 Å². The number of hydrogen-bond donors (Lipinski definition) is 0. The number of carbonyl (C=O) groups is 1. The Morgan fingerprint density at radius 1 is 1.41 bits per heavy atom. The second-order valence-corrected chi connectivity index (χ2v) is 5.79. The van der Waals surface area contributed by atoms with E-state index in [4.69, 9.17) is 0 Å². The monoisotopic (exact) mass is 254 g/mol. The Labute approximate surface area is 106 Å². The van der Waals surface area contributed by atoms with Gasteiger partial charge in [-0.05, 0) is 12.8 Å². The highest BCUT2D eigenvalue weighted by Gasteiger charge is 2.18. The molecular formula is C11H18N4OS. The third kappa shape index (κ3) is 3.21. The van der Waals surface area contributed by atoms with Crippen molar-refractivity contribution in [1.82, 2.24) is 19.7 Å². The average molecular weight is 254 g/mol. The first-order chi connectivity index (χ1) is 8.16. The van der Waals surface area contributed by atoms with Gasteiger partial charge in [-0.2, -0.15) is 4.68 Å². The highest BCUT2D eigenvalue weighted by atomic mass is 32.2. The average Bonchev–Trinajstić information content (AvgIpc) is 2.77. The van der Waals surface area contributed by atoms with Crippen LogP contribution in [0.25, 0.3) is 0 Å². The van der Waals surface area contributed by atoms with Crippen LogP contribution in [0.4, 0.5) is 4.79 Å². The van der Waals surface area contributed by atoms with E-state index in [1.165, 1.54) is 48.0 Å². The molecule has 0 spiro atoms. The lowest BCUT2D eigenvalue weighted by Crippen LogP contribution is -2.27. The molecule has 1 aromatic heterocycles. The summed E-state index contributed by atoms with van der Waals surface area (Å²) in [5, 5.41) is 5.54. The molecule has 0 N–H and O–H groups in total. The third-order valence-corrected chi connectivity index (χ3v) is 4.08. The molecular weight excluding hydrogens is 236 g/mol. The molecule has 1 aliphatic rings. The van der Waals surface area contributed by atoms with Gasteiger partial charge < -0.3 is 4.90 Å². The first kappa shape index (κ1) is 12.4. The summed E-state index contributed by atoms with van der Waals surface area (Å²) in [7, 11) is 3.41. The normalized spacial score (nSPS) is 17.1. The Morgan fingerprint density at radius 2 is 2.12 bits per heavy atom. The smallest absolute Gasteiger partial charge is 0.329 e. The molecule has 0 unspecified atom stereocenters. The summed E-state index contributed by atoms with van der Waals surface area (Å²) in [5.74, 6) is 0. The molecule has 1 heterocycles. The molecule has 1 saturated carbocycles. The van der Waals surface area contributed by atoms with Crippen LogP contribution in [-0.2, 0) is 0 Å².